The van der Waals surface area contributed by atoms with Gasteiger partial charge in [-0.1, -0.05) is 219 Å². The van der Waals surface area contributed by atoms with Gasteiger partial charge in [0.2, 0.25) is 0 Å². The van der Waals surface area contributed by atoms with Gasteiger partial charge in [-0.25, -0.2) is 4.98 Å². The van der Waals surface area contributed by atoms with Crippen molar-refractivity contribution in [3.8, 4) is 78.6 Å². The largest absolute Gasteiger partial charge is 0.507 e. The number of fused-ring (bicyclic) bond motifs is 1. The van der Waals surface area contributed by atoms with E-state index in [0.717, 1.165) is 72.5 Å². The molecule has 0 atom stereocenters. The summed E-state index contributed by atoms with van der Waals surface area (Å²) >= 11 is 0. The Bertz CT molecular complexity index is 3600. The third-order valence-corrected chi connectivity index (χ3v) is 13.8. The molecule has 5 heteroatoms. The molecule has 2 heterocycles. The van der Waals surface area contributed by atoms with E-state index < -0.39 is 0 Å². The first-order valence-electron chi connectivity index (χ1n) is 24.0. The van der Waals surface area contributed by atoms with E-state index in [1.165, 1.54) is 22.3 Å². The van der Waals surface area contributed by atoms with Crippen LogP contribution in [0.1, 0.15) is 49.9 Å². The number of benzene rings is 9. The van der Waals surface area contributed by atoms with Crippen LogP contribution < -0.4 is 0 Å². The zero-order chi connectivity index (χ0) is 47.8. The number of imidazole rings is 1. The number of nitrogens with zero attached hydrogens (tertiary/aromatic N) is 3. The Labute approximate surface area is 431 Å². The molecule has 11 rings (SSSR count). The van der Waals surface area contributed by atoms with Crippen molar-refractivity contribution in [2.45, 2.75) is 38.5 Å². The van der Waals surface area contributed by atoms with Gasteiger partial charge in [0.15, 0.2) is 0 Å². The Kier molecular flexibility index (Phi) is 12.8. The Morgan fingerprint density at radius 2 is 0.986 bits per heavy atom. The summed E-state index contributed by atoms with van der Waals surface area (Å²) in [5.41, 5.74) is 17.8. The molecule has 71 heavy (non-hydrogen) atoms. The summed E-state index contributed by atoms with van der Waals surface area (Å²) in [6, 6.07) is 84.6. The maximum atomic E-state index is 11.5. The predicted molar refractivity (Wildman–Crippen MR) is 289 cm³/mol. The summed E-state index contributed by atoms with van der Waals surface area (Å²) in [7, 11) is 0. The minimum atomic E-state index is -0.338. The second-order valence-corrected chi connectivity index (χ2v) is 19.2. The number of phenols is 1. The number of pyridine rings is 1. The van der Waals surface area contributed by atoms with Gasteiger partial charge in [0, 0.05) is 43.9 Å². The maximum Gasteiger partial charge on any atom is 0.148 e. The summed E-state index contributed by atoms with van der Waals surface area (Å²) in [6.07, 6.45) is 1.90. The van der Waals surface area contributed by atoms with Crippen LogP contribution in [0.5, 0.6) is 5.75 Å². The SMILES string of the molecule is CC(C)(C)c1ccc(-n2c(-c3ccccc3O)nc3c(-c4[c-]c(-c5cc(-c6ccc(C(C)(c7ccccc7)c7ccccc7)cc6)ccn5)cc(-c5ccccc5)c4)cccc32)c(-c2ccccc2)c1.[Pt]. The van der Waals surface area contributed by atoms with Crippen LogP contribution in [-0.4, -0.2) is 19.6 Å². The fourth-order valence-corrected chi connectivity index (χ4v) is 9.90. The van der Waals surface area contributed by atoms with E-state index in [4.69, 9.17) is 9.97 Å². The number of aromatic hydroxyl groups is 1. The van der Waals surface area contributed by atoms with Crippen molar-refractivity contribution in [1.29, 1.82) is 0 Å². The predicted octanol–water partition coefficient (Wildman–Crippen LogP) is 16.6. The van der Waals surface area contributed by atoms with Crippen molar-refractivity contribution in [2.24, 2.45) is 0 Å². The van der Waals surface area contributed by atoms with Gasteiger partial charge in [0.05, 0.1) is 22.3 Å². The molecule has 0 radical (unpaired) electrons. The second kappa shape index (κ2) is 19.5. The van der Waals surface area contributed by atoms with Gasteiger partial charge in [0.25, 0.3) is 0 Å². The summed E-state index contributed by atoms with van der Waals surface area (Å²) in [5, 5.41) is 11.5. The Morgan fingerprint density at radius 3 is 1.63 bits per heavy atom. The van der Waals surface area contributed by atoms with Gasteiger partial charge < -0.3 is 5.11 Å². The molecule has 0 saturated carbocycles. The number of aromatic nitrogens is 3. The smallest absolute Gasteiger partial charge is 0.148 e. The first kappa shape index (κ1) is 46.8. The van der Waals surface area contributed by atoms with Crippen molar-refractivity contribution >= 4 is 11.0 Å². The third-order valence-electron chi connectivity index (χ3n) is 13.8. The van der Waals surface area contributed by atoms with E-state index in [1.807, 2.05) is 30.5 Å². The van der Waals surface area contributed by atoms with Crippen LogP contribution >= 0.6 is 0 Å². The van der Waals surface area contributed by atoms with Crippen LogP contribution in [0.4, 0.5) is 0 Å². The van der Waals surface area contributed by atoms with Gasteiger partial charge in [-0.05, 0) is 93.2 Å². The molecule has 0 aliphatic carbocycles. The van der Waals surface area contributed by atoms with Crippen LogP contribution in [0.25, 0.3) is 83.9 Å². The topological polar surface area (TPSA) is 50.9 Å². The number of rotatable bonds is 10. The molecule has 0 amide bonds. The molecular formula is C66H52N3OPt-. The summed E-state index contributed by atoms with van der Waals surface area (Å²) in [5.74, 6) is 0.809. The van der Waals surface area contributed by atoms with E-state index in [-0.39, 0.29) is 37.6 Å². The van der Waals surface area contributed by atoms with Crippen LogP contribution in [-0.2, 0) is 31.9 Å². The summed E-state index contributed by atoms with van der Waals surface area (Å²) in [4.78, 5) is 10.5. The fourth-order valence-electron chi connectivity index (χ4n) is 9.90. The van der Waals surface area contributed by atoms with Crippen molar-refractivity contribution in [3.63, 3.8) is 0 Å². The molecule has 0 bridgehead atoms. The standard InChI is InChI=1S/C66H52N3O.Pt/c1-65(2,3)55-36-37-60(58(44-55)47-22-11-6-12-23-47)69-61-30-19-29-56(63(61)68-64(69)57-28-17-18-31-62(57)70)50-40-49(45-20-9-5-10-21-45)41-51(42-50)59-43-48(38-39-67-59)46-32-34-54(35-33-46)66(4,52-24-13-7-14-25-52)53-26-15-8-16-27-53;/h5-41,43-44,70H,1-4H3;/q-1;. The molecule has 0 aliphatic rings. The third kappa shape index (κ3) is 8.97. The van der Waals surface area contributed by atoms with Crippen LogP contribution in [0, 0.1) is 6.07 Å². The number of phenolic OH excluding ortho intramolecular Hbond substituents is 1. The minimum absolute atomic E-state index is 0. The first-order chi connectivity index (χ1) is 34.1. The molecule has 348 valence electrons. The Hall–Kier alpha value is -7.91. The van der Waals surface area contributed by atoms with Crippen molar-refractivity contribution in [1.82, 2.24) is 14.5 Å². The molecule has 1 N–H and O–H groups in total. The van der Waals surface area contributed by atoms with Crippen molar-refractivity contribution in [2.75, 3.05) is 0 Å². The first-order valence-corrected chi connectivity index (χ1v) is 24.0. The van der Waals surface area contributed by atoms with E-state index in [1.54, 1.807) is 6.07 Å². The second-order valence-electron chi connectivity index (χ2n) is 19.2. The van der Waals surface area contributed by atoms with E-state index in [0.29, 0.717) is 11.4 Å². The molecular weight excluding hydrogens is 1050 g/mol. The summed E-state index contributed by atoms with van der Waals surface area (Å²) < 4.78 is 2.21. The van der Waals surface area contributed by atoms with Crippen molar-refractivity contribution in [3.05, 3.63) is 265 Å². The van der Waals surface area contributed by atoms with Gasteiger partial charge in [-0.3, -0.25) is 9.55 Å². The maximum absolute atomic E-state index is 11.5. The zero-order valence-corrected chi connectivity index (χ0v) is 42.4. The van der Waals surface area contributed by atoms with Gasteiger partial charge >= 0.3 is 0 Å². The van der Waals surface area contributed by atoms with Crippen molar-refractivity contribution < 1.29 is 26.2 Å². The molecule has 0 fully saturated rings. The summed E-state index contributed by atoms with van der Waals surface area (Å²) in [6.45, 7) is 9.05. The molecule has 4 nitrogen and oxygen atoms in total. The number of para-hydroxylation sites is 2. The van der Waals surface area contributed by atoms with Gasteiger partial charge in [-0.2, -0.15) is 0 Å². The number of hydrogen-bond donors (Lipinski definition) is 1. The molecule has 0 saturated heterocycles. The minimum Gasteiger partial charge on any atom is -0.507 e. The normalized spacial score (nSPS) is 11.6. The molecule has 0 spiro atoms. The van der Waals surface area contributed by atoms with E-state index in [9.17, 15) is 5.11 Å². The number of hydrogen-bond acceptors (Lipinski definition) is 3. The molecule has 0 unspecified atom stereocenters. The zero-order valence-electron chi connectivity index (χ0n) is 40.1. The average molecular weight is 1100 g/mol. The van der Waals surface area contributed by atoms with Crippen LogP contribution in [0.3, 0.4) is 0 Å². The fraction of sp³-hybridized carbons (Fsp3) is 0.0909. The average Bonchev–Trinajstić information content (AvgIpc) is 3.81. The van der Waals surface area contributed by atoms with Crippen LogP contribution in [0.2, 0.25) is 0 Å². The van der Waals surface area contributed by atoms with E-state index in [2.05, 4.69) is 239 Å². The monoisotopic (exact) mass is 1100 g/mol. The quantitative estimate of drug-likeness (QED) is 0.110. The molecule has 0 aliphatic heterocycles. The molecule has 11 aromatic rings. The molecule has 2 aromatic heterocycles. The Morgan fingerprint density at radius 1 is 0.437 bits per heavy atom. The van der Waals surface area contributed by atoms with E-state index >= 15 is 0 Å². The van der Waals surface area contributed by atoms with Gasteiger partial charge in [-0.15, -0.1) is 23.8 Å². The Balaban J connectivity index is 0.00000582. The van der Waals surface area contributed by atoms with Crippen LogP contribution in [0.15, 0.2) is 237 Å². The molecule has 9 aromatic carbocycles. The van der Waals surface area contributed by atoms with Gasteiger partial charge in [0.1, 0.15) is 11.6 Å².